The topological polar surface area (TPSA) is 78.3 Å². The Morgan fingerprint density at radius 1 is 1.47 bits per heavy atom. The molecule has 0 unspecified atom stereocenters. The lowest BCUT2D eigenvalue weighted by molar-refractivity contribution is 0.0455. The van der Waals surface area contributed by atoms with Gasteiger partial charge in [-0.1, -0.05) is 0 Å². The van der Waals surface area contributed by atoms with E-state index in [-0.39, 0.29) is 0 Å². The number of carbonyl (C=O) groups excluding carboxylic acids is 1. The molecule has 1 aromatic carbocycles. The molecule has 0 aromatic heterocycles. The van der Waals surface area contributed by atoms with E-state index in [0.717, 1.165) is 18.1 Å². The summed E-state index contributed by atoms with van der Waals surface area (Å²) in [6.45, 7) is 1.48. The first-order valence-electron chi connectivity index (χ1n) is 4.60. The van der Waals surface area contributed by atoms with E-state index in [1.54, 1.807) is 30.0 Å². The summed E-state index contributed by atoms with van der Waals surface area (Å²) < 4.78 is 5.07. The van der Waals surface area contributed by atoms with Crippen LogP contribution in [0.2, 0.25) is 0 Å². The third-order valence-electron chi connectivity index (χ3n) is 2.20. The standard InChI is InChI=1S/C10H12N2O2S/c11-8-2-1-6(10(12)13)3-9(8)15-7-4-14-5-7/h1-3,7H,4-5,11H2,(H2,12,13). The molecule has 4 nitrogen and oxygen atoms in total. The minimum Gasteiger partial charge on any atom is -0.398 e. The quantitative estimate of drug-likeness (QED) is 0.746. The fraction of sp³-hybridized carbons (Fsp3) is 0.300. The number of carbonyl (C=O) groups is 1. The van der Waals surface area contributed by atoms with Crippen LogP contribution in [0.5, 0.6) is 0 Å². The van der Waals surface area contributed by atoms with Gasteiger partial charge in [-0.3, -0.25) is 4.79 Å². The van der Waals surface area contributed by atoms with Crippen molar-refractivity contribution in [2.45, 2.75) is 10.1 Å². The van der Waals surface area contributed by atoms with Gasteiger partial charge in [-0.2, -0.15) is 0 Å². The molecule has 0 saturated carbocycles. The van der Waals surface area contributed by atoms with Crippen molar-refractivity contribution in [2.75, 3.05) is 18.9 Å². The molecule has 80 valence electrons. The molecule has 1 amide bonds. The van der Waals surface area contributed by atoms with E-state index in [1.807, 2.05) is 0 Å². The molecule has 0 atom stereocenters. The zero-order valence-electron chi connectivity index (χ0n) is 8.10. The van der Waals surface area contributed by atoms with Crippen LogP contribution in [-0.4, -0.2) is 24.4 Å². The Hall–Kier alpha value is -1.20. The number of hydrogen-bond donors (Lipinski definition) is 2. The summed E-state index contributed by atoms with van der Waals surface area (Å²) in [5, 5.41) is 0.440. The lowest BCUT2D eigenvalue weighted by Gasteiger charge is -2.25. The average Bonchev–Trinajstić information content (AvgIpc) is 2.13. The van der Waals surface area contributed by atoms with Crippen LogP contribution < -0.4 is 11.5 Å². The normalized spacial score (nSPS) is 16.0. The maximum Gasteiger partial charge on any atom is 0.248 e. The number of amides is 1. The van der Waals surface area contributed by atoms with E-state index in [2.05, 4.69) is 0 Å². The van der Waals surface area contributed by atoms with Crippen molar-refractivity contribution in [3.8, 4) is 0 Å². The molecule has 1 fully saturated rings. The second-order valence-corrected chi connectivity index (χ2v) is 4.74. The van der Waals surface area contributed by atoms with E-state index in [4.69, 9.17) is 16.2 Å². The predicted molar refractivity (Wildman–Crippen MR) is 59.8 cm³/mol. The molecule has 1 saturated heterocycles. The average molecular weight is 224 g/mol. The molecule has 0 spiro atoms. The Bertz CT molecular complexity index is 391. The van der Waals surface area contributed by atoms with Crippen molar-refractivity contribution < 1.29 is 9.53 Å². The first-order valence-corrected chi connectivity index (χ1v) is 5.48. The number of rotatable bonds is 3. The summed E-state index contributed by atoms with van der Waals surface area (Å²) in [5.41, 5.74) is 12.2. The molecular weight excluding hydrogens is 212 g/mol. The molecule has 1 heterocycles. The zero-order valence-corrected chi connectivity index (χ0v) is 8.92. The Morgan fingerprint density at radius 3 is 2.73 bits per heavy atom. The number of anilines is 1. The second-order valence-electron chi connectivity index (χ2n) is 3.39. The van der Waals surface area contributed by atoms with Gasteiger partial charge in [0, 0.05) is 16.1 Å². The van der Waals surface area contributed by atoms with E-state index < -0.39 is 5.91 Å². The van der Waals surface area contributed by atoms with Gasteiger partial charge in [0.05, 0.1) is 18.5 Å². The van der Waals surface area contributed by atoms with Crippen molar-refractivity contribution in [3.05, 3.63) is 23.8 Å². The SMILES string of the molecule is NC(=O)c1ccc(N)c(SC2COC2)c1. The molecule has 1 aliphatic rings. The Morgan fingerprint density at radius 2 is 2.20 bits per heavy atom. The number of thioether (sulfide) groups is 1. The summed E-state index contributed by atoms with van der Waals surface area (Å²) in [4.78, 5) is 11.9. The van der Waals surface area contributed by atoms with Crippen molar-refractivity contribution in [2.24, 2.45) is 5.73 Å². The maximum absolute atomic E-state index is 11.0. The van der Waals surface area contributed by atoms with Crippen molar-refractivity contribution in [1.29, 1.82) is 0 Å². The minimum absolute atomic E-state index is 0.429. The van der Waals surface area contributed by atoms with Crippen molar-refractivity contribution in [1.82, 2.24) is 0 Å². The van der Waals surface area contributed by atoms with Gasteiger partial charge in [0.25, 0.3) is 0 Å². The van der Waals surface area contributed by atoms with Gasteiger partial charge in [0.2, 0.25) is 5.91 Å². The Labute approximate surface area is 92.0 Å². The van der Waals surface area contributed by atoms with E-state index in [0.29, 0.717) is 16.5 Å². The lowest BCUT2D eigenvalue weighted by atomic mass is 10.2. The lowest BCUT2D eigenvalue weighted by Crippen LogP contribution is -2.30. The third-order valence-corrected chi connectivity index (χ3v) is 3.41. The van der Waals surface area contributed by atoms with Crippen LogP contribution in [0.25, 0.3) is 0 Å². The van der Waals surface area contributed by atoms with Gasteiger partial charge < -0.3 is 16.2 Å². The number of benzene rings is 1. The molecule has 0 radical (unpaired) electrons. The summed E-state index contributed by atoms with van der Waals surface area (Å²) in [6.07, 6.45) is 0. The second kappa shape index (κ2) is 4.12. The first kappa shape index (κ1) is 10.3. The monoisotopic (exact) mass is 224 g/mol. The number of ether oxygens (including phenoxy) is 1. The molecule has 15 heavy (non-hydrogen) atoms. The van der Waals surface area contributed by atoms with E-state index in [1.165, 1.54) is 0 Å². The van der Waals surface area contributed by atoms with Gasteiger partial charge in [0.15, 0.2) is 0 Å². The number of nitrogens with two attached hydrogens (primary N) is 2. The van der Waals surface area contributed by atoms with Crippen molar-refractivity contribution >= 4 is 23.4 Å². The van der Waals surface area contributed by atoms with Crippen LogP contribution in [0, 0.1) is 0 Å². The molecule has 2 rings (SSSR count). The molecule has 5 heteroatoms. The Kier molecular flexibility index (Phi) is 2.83. The van der Waals surface area contributed by atoms with Gasteiger partial charge in [-0.25, -0.2) is 0 Å². The maximum atomic E-state index is 11.0. The predicted octanol–water partition coefficient (Wildman–Crippen LogP) is 0.859. The van der Waals surface area contributed by atoms with E-state index >= 15 is 0 Å². The molecule has 0 aliphatic carbocycles. The van der Waals surface area contributed by atoms with Crippen LogP contribution in [0.3, 0.4) is 0 Å². The highest BCUT2D eigenvalue weighted by molar-refractivity contribution is 8.00. The van der Waals surface area contributed by atoms with Crippen LogP contribution in [0.4, 0.5) is 5.69 Å². The molecule has 1 aromatic rings. The molecule has 4 N–H and O–H groups in total. The number of hydrogen-bond acceptors (Lipinski definition) is 4. The summed E-state index contributed by atoms with van der Waals surface area (Å²) in [5.74, 6) is -0.429. The number of nitrogen functional groups attached to an aromatic ring is 1. The first-order chi connectivity index (χ1) is 7.16. The Balaban J connectivity index is 2.19. The van der Waals surface area contributed by atoms with Gasteiger partial charge in [-0.05, 0) is 18.2 Å². The molecule has 0 bridgehead atoms. The van der Waals surface area contributed by atoms with Crippen LogP contribution in [-0.2, 0) is 4.74 Å². The smallest absolute Gasteiger partial charge is 0.248 e. The van der Waals surface area contributed by atoms with Crippen molar-refractivity contribution in [3.63, 3.8) is 0 Å². The summed E-state index contributed by atoms with van der Waals surface area (Å²) in [6, 6.07) is 5.08. The molecular formula is C10H12N2O2S. The van der Waals surface area contributed by atoms with Crippen LogP contribution >= 0.6 is 11.8 Å². The highest BCUT2D eigenvalue weighted by atomic mass is 32.2. The van der Waals surface area contributed by atoms with E-state index in [9.17, 15) is 4.79 Å². The minimum atomic E-state index is -0.429. The largest absolute Gasteiger partial charge is 0.398 e. The van der Waals surface area contributed by atoms with Crippen LogP contribution in [0.1, 0.15) is 10.4 Å². The highest BCUT2D eigenvalue weighted by Crippen LogP contribution is 2.32. The fourth-order valence-electron chi connectivity index (χ4n) is 1.25. The highest BCUT2D eigenvalue weighted by Gasteiger charge is 2.20. The zero-order chi connectivity index (χ0) is 10.8. The molecule has 1 aliphatic heterocycles. The summed E-state index contributed by atoms with van der Waals surface area (Å²) >= 11 is 1.63. The van der Waals surface area contributed by atoms with Crippen LogP contribution in [0.15, 0.2) is 23.1 Å². The van der Waals surface area contributed by atoms with Gasteiger partial charge in [0.1, 0.15) is 0 Å². The third kappa shape index (κ3) is 2.24. The van der Waals surface area contributed by atoms with Gasteiger partial charge in [-0.15, -0.1) is 11.8 Å². The fourth-order valence-corrected chi connectivity index (χ4v) is 2.34. The summed E-state index contributed by atoms with van der Waals surface area (Å²) in [7, 11) is 0. The number of primary amides is 1. The van der Waals surface area contributed by atoms with Gasteiger partial charge >= 0.3 is 0 Å².